The van der Waals surface area contributed by atoms with Gasteiger partial charge in [-0.3, -0.25) is 4.79 Å². The summed E-state index contributed by atoms with van der Waals surface area (Å²) in [6.45, 7) is 0.0624. The molecule has 0 spiro atoms. The van der Waals surface area contributed by atoms with Gasteiger partial charge in [-0.25, -0.2) is 8.42 Å². The highest BCUT2D eigenvalue weighted by molar-refractivity contribution is 7.98. The van der Waals surface area contributed by atoms with E-state index < -0.39 is 38.6 Å². The van der Waals surface area contributed by atoms with Crippen molar-refractivity contribution in [2.45, 2.75) is 30.1 Å². The van der Waals surface area contributed by atoms with Gasteiger partial charge in [0.15, 0.2) is 0 Å². The second-order valence-electron chi connectivity index (χ2n) is 5.78. The average Bonchev–Trinajstić information content (AvgIpc) is 3.16. The number of sulfonamides is 1. The Morgan fingerprint density at radius 1 is 1.25 bits per heavy atom. The van der Waals surface area contributed by atoms with Crippen molar-refractivity contribution in [3.8, 4) is 0 Å². The van der Waals surface area contributed by atoms with Crippen molar-refractivity contribution in [2.75, 3.05) is 12.0 Å². The van der Waals surface area contributed by atoms with E-state index in [2.05, 4.69) is 10.0 Å². The number of hydrogen-bond acceptors (Lipinski definition) is 5. The van der Waals surface area contributed by atoms with Crippen molar-refractivity contribution in [1.29, 1.82) is 0 Å². The summed E-state index contributed by atoms with van der Waals surface area (Å²) in [5.41, 5.74) is -1.08. The van der Waals surface area contributed by atoms with Gasteiger partial charge in [0.25, 0.3) is 0 Å². The number of thioether (sulfide) groups is 1. The van der Waals surface area contributed by atoms with Gasteiger partial charge in [0.2, 0.25) is 15.9 Å². The SMILES string of the molecule is CSCC[C@@H](NS(=O)(=O)c1cccc(C(F)(F)F)c1)C(=O)NCc1ccco1. The zero-order chi connectivity index (χ0) is 20.8. The Balaban J connectivity index is 2.16. The van der Waals surface area contributed by atoms with E-state index in [1.54, 1.807) is 18.4 Å². The van der Waals surface area contributed by atoms with E-state index in [0.717, 1.165) is 18.2 Å². The fraction of sp³-hybridized carbons (Fsp3) is 0.353. The number of carbonyl (C=O) groups is 1. The first-order valence-corrected chi connectivity index (χ1v) is 11.0. The number of rotatable bonds is 9. The fourth-order valence-corrected chi connectivity index (χ4v) is 4.03. The molecule has 2 N–H and O–H groups in total. The maximum atomic E-state index is 12.9. The Morgan fingerprint density at radius 3 is 2.61 bits per heavy atom. The van der Waals surface area contributed by atoms with Crippen LogP contribution in [0.2, 0.25) is 0 Å². The molecule has 0 aliphatic rings. The van der Waals surface area contributed by atoms with Crippen LogP contribution in [-0.4, -0.2) is 32.4 Å². The lowest BCUT2D eigenvalue weighted by Crippen LogP contribution is -2.46. The van der Waals surface area contributed by atoms with Gasteiger partial charge in [-0.1, -0.05) is 6.07 Å². The molecule has 0 fully saturated rings. The third kappa shape index (κ3) is 6.28. The van der Waals surface area contributed by atoms with Gasteiger partial charge in [0.1, 0.15) is 11.8 Å². The second-order valence-corrected chi connectivity index (χ2v) is 8.48. The summed E-state index contributed by atoms with van der Waals surface area (Å²) in [7, 11) is -4.33. The fourth-order valence-electron chi connectivity index (χ4n) is 2.28. The number of halogens is 3. The molecule has 0 saturated carbocycles. The number of hydrogen-bond donors (Lipinski definition) is 2. The van der Waals surface area contributed by atoms with E-state index in [0.29, 0.717) is 17.6 Å². The van der Waals surface area contributed by atoms with Gasteiger partial charge in [-0.2, -0.15) is 29.7 Å². The van der Waals surface area contributed by atoms with Gasteiger partial charge in [-0.15, -0.1) is 0 Å². The molecule has 0 aliphatic heterocycles. The molecule has 2 rings (SSSR count). The highest BCUT2D eigenvalue weighted by Crippen LogP contribution is 2.30. The van der Waals surface area contributed by atoms with E-state index in [1.165, 1.54) is 18.0 Å². The lowest BCUT2D eigenvalue weighted by atomic mass is 10.2. The van der Waals surface area contributed by atoms with Crippen molar-refractivity contribution in [1.82, 2.24) is 10.0 Å². The normalized spacial score (nSPS) is 13.3. The summed E-state index contributed by atoms with van der Waals surface area (Å²) in [5.74, 6) is 0.364. The minimum absolute atomic E-state index is 0.0624. The minimum atomic E-state index is -4.68. The zero-order valence-electron chi connectivity index (χ0n) is 14.8. The van der Waals surface area contributed by atoms with Crippen molar-refractivity contribution in [2.24, 2.45) is 0 Å². The highest BCUT2D eigenvalue weighted by Gasteiger charge is 2.32. The van der Waals surface area contributed by atoms with Crippen molar-refractivity contribution >= 4 is 27.7 Å². The van der Waals surface area contributed by atoms with Gasteiger partial charge >= 0.3 is 6.18 Å². The van der Waals surface area contributed by atoms with Crippen LogP contribution in [0.15, 0.2) is 52.0 Å². The van der Waals surface area contributed by atoms with Crippen LogP contribution >= 0.6 is 11.8 Å². The number of nitrogens with one attached hydrogen (secondary N) is 2. The van der Waals surface area contributed by atoms with E-state index in [4.69, 9.17) is 4.42 Å². The molecule has 1 aromatic carbocycles. The molecule has 154 valence electrons. The van der Waals surface area contributed by atoms with Crippen LogP contribution in [0.3, 0.4) is 0 Å². The maximum Gasteiger partial charge on any atom is 0.416 e. The topological polar surface area (TPSA) is 88.4 Å². The molecule has 1 heterocycles. The largest absolute Gasteiger partial charge is 0.467 e. The Morgan fingerprint density at radius 2 is 2.00 bits per heavy atom. The molecule has 1 aromatic heterocycles. The van der Waals surface area contributed by atoms with Crippen molar-refractivity contribution in [3.05, 3.63) is 54.0 Å². The molecular formula is C17H19F3N2O4S2. The van der Waals surface area contributed by atoms with E-state index >= 15 is 0 Å². The summed E-state index contributed by atoms with van der Waals surface area (Å²) >= 11 is 1.41. The number of amides is 1. The molecule has 0 unspecified atom stereocenters. The number of furan rings is 1. The second kappa shape index (κ2) is 9.48. The van der Waals surface area contributed by atoms with Crippen LogP contribution in [0.25, 0.3) is 0 Å². The molecule has 28 heavy (non-hydrogen) atoms. The molecule has 6 nitrogen and oxygen atoms in total. The van der Waals surface area contributed by atoms with Crippen molar-refractivity contribution in [3.63, 3.8) is 0 Å². The molecule has 0 bridgehead atoms. The van der Waals surface area contributed by atoms with Crippen LogP contribution in [0, 0.1) is 0 Å². The Labute approximate surface area is 164 Å². The first-order chi connectivity index (χ1) is 13.1. The number of alkyl halides is 3. The molecule has 0 radical (unpaired) electrons. The molecule has 1 amide bonds. The van der Waals surface area contributed by atoms with Gasteiger partial charge in [0.05, 0.1) is 23.3 Å². The number of carbonyl (C=O) groups excluding carboxylic acids is 1. The van der Waals surface area contributed by atoms with Gasteiger partial charge < -0.3 is 9.73 Å². The van der Waals surface area contributed by atoms with Crippen LogP contribution < -0.4 is 10.0 Å². The van der Waals surface area contributed by atoms with Crippen LogP contribution in [0.4, 0.5) is 13.2 Å². The van der Waals surface area contributed by atoms with Crippen LogP contribution in [0.1, 0.15) is 17.7 Å². The first kappa shape index (κ1) is 22.3. The van der Waals surface area contributed by atoms with E-state index in [-0.39, 0.29) is 13.0 Å². The van der Waals surface area contributed by atoms with Gasteiger partial charge in [-0.05, 0) is 48.8 Å². The van der Waals surface area contributed by atoms with Gasteiger partial charge in [0, 0.05) is 0 Å². The van der Waals surface area contributed by atoms with Crippen LogP contribution in [0.5, 0.6) is 0 Å². The summed E-state index contributed by atoms with van der Waals surface area (Å²) in [6.07, 6.45) is -1.28. The highest BCUT2D eigenvalue weighted by atomic mass is 32.2. The van der Waals surface area contributed by atoms with E-state index in [1.807, 2.05) is 0 Å². The molecule has 11 heteroatoms. The molecule has 0 aliphatic carbocycles. The standard InChI is InChI=1S/C17H19F3N2O4S2/c1-27-9-7-15(16(23)21-11-13-5-3-8-26-13)22-28(24,25)14-6-2-4-12(10-14)17(18,19)20/h2-6,8,10,15,22H,7,9,11H2,1H3,(H,21,23)/t15-/m1/s1. The first-order valence-electron chi connectivity index (χ1n) is 8.12. The van der Waals surface area contributed by atoms with E-state index in [9.17, 15) is 26.4 Å². The predicted octanol–water partition coefficient (Wildman–Crippen LogP) is 3.01. The van der Waals surface area contributed by atoms with Crippen molar-refractivity contribution < 1.29 is 30.8 Å². The average molecular weight is 436 g/mol. The third-order valence-corrected chi connectivity index (χ3v) is 5.83. The molecule has 2 aromatic rings. The summed E-state index contributed by atoms with van der Waals surface area (Å²) in [6, 6.07) is 5.51. The maximum absolute atomic E-state index is 12.9. The summed E-state index contributed by atoms with van der Waals surface area (Å²) in [5, 5.41) is 2.55. The predicted molar refractivity (Wildman–Crippen MR) is 99.1 cm³/mol. The molecular weight excluding hydrogens is 417 g/mol. The Bertz CT molecular complexity index is 884. The molecule has 0 saturated heterocycles. The quantitative estimate of drug-likeness (QED) is 0.631. The molecule has 1 atom stereocenters. The smallest absolute Gasteiger partial charge is 0.416 e. The monoisotopic (exact) mass is 436 g/mol. The Kier molecular flexibility index (Phi) is 7.55. The summed E-state index contributed by atoms with van der Waals surface area (Å²) < 4.78 is 70.9. The summed E-state index contributed by atoms with van der Waals surface area (Å²) in [4.78, 5) is 11.9. The lowest BCUT2D eigenvalue weighted by Gasteiger charge is -2.18. The lowest BCUT2D eigenvalue weighted by molar-refractivity contribution is -0.137. The zero-order valence-corrected chi connectivity index (χ0v) is 16.5. The minimum Gasteiger partial charge on any atom is -0.467 e. The Hall–Kier alpha value is -1.98. The third-order valence-electron chi connectivity index (χ3n) is 3.71. The number of benzene rings is 1. The van der Waals surface area contributed by atoms with Crippen LogP contribution in [-0.2, 0) is 27.5 Å².